The molecule has 0 unspecified atom stereocenters. The van der Waals surface area contributed by atoms with E-state index in [1.54, 1.807) is 0 Å². The maximum absolute atomic E-state index is 10.7. The molecule has 0 saturated carbocycles. The van der Waals surface area contributed by atoms with Gasteiger partial charge >= 0.3 is 5.69 Å². The summed E-state index contributed by atoms with van der Waals surface area (Å²) < 4.78 is 0. The predicted octanol–water partition coefficient (Wildman–Crippen LogP) is 2.31. The smallest absolute Gasteiger partial charge is 0.272 e. The molecular weight excluding hydrogens is 228 g/mol. The van der Waals surface area contributed by atoms with Crippen LogP contribution in [0.2, 0.25) is 0 Å². The molecular formula is C9H10N4O4. The Morgan fingerprint density at radius 3 is 2.59 bits per heavy atom. The van der Waals surface area contributed by atoms with Crippen molar-refractivity contribution in [3.05, 3.63) is 38.4 Å². The molecule has 0 aromatic heterocycles. The van der Waals surface area contributed by atoms with Gasteiger partial charge < -0.3 is 0 Å². The maximum Gasteiger partial charge on any atom is 0.301 e. The molecule has 0 aliphatic heterocycles. The van der Waals surface area contributed by atoms with Crippen LogP contribution in [0.3, 0.4) is 0 Å². The quantitative estimate of drug-likeness (QED) is 0.480. The standard InChI is InChI=1S/C9H10N4O4/c1-2-5-10-11-8-4-3-7(12(14)15)6-9(8)13(16)17/h3-6,11H,2H2,1H3/b10-5-. The zero-order valence-electron chi connectivity index (χ0n) is 8.99. The average Bonchev–Trinajstić information content (AvgIpc) is 2.29. The van der Waals surface area contributed by atoms with Crippen molar-refractivity contribution < 1.29 is 9.85 Å². The van der Waals surface area contributed by atoms with Gasteiger partial charge in [0.05, 0.1) is 15.9 Å². The summed E-state index contributed by atoms with van der Waals surface area (Å²) >= 11 is 0. The second-order valence-corrected chi connectivity index (χ2v) is 3.05. The van der Waals surface area contributed by atoms with Gasteiger partial charge in [-0.15, -0.1) is 0 Å². The van der Waals surface area contributed by atoms with E-state index in [0.29, 0.717) is 6.42 Å². The van der Waals surface area contributed by atoms with Gasteiger partial charge in [0.1, 0.15) is 5.69 Å². The first-order valence-electron chi connectivity index (χ1n) is 4.76. The molecule has 0 radical (unpaired) electrons. The number of rotatable bonds is 5. The van der Waals surface area contributed by atoms with E-state index in [2.05, 4.69) is 10.5 Å². The molecule has 0 heterocycles. The molecule has 0 aliphatic carbocycles. The summed E-state index contributed by atoms with van der Waals surface area (Å²) in [5.41, 5.74) is 1.87. The molecule has 0 bridgehead atoms. The minimum absolute atomic E-state index is 0.116. The number of anilines is 1. The van der Waals surface area contributed by atoms with Crippen LogP contribution in [-0.4, -0.2) is 16.1 Å². The summed E-state index contributed by atoms with van der Waals surface area (Å²) in [6.07, 6.45) is 2.21. The molecule has 1 aromatic carbocycles. The van der Waals surface area contributed by atoms with Crippen LogP contribution in [0.1, 0.15) is 13.3 Å². The molecule has 0 aliphatic rings. The molecule has 1 aromatic rings. The number of benzene rings is 1. The summed E-state index contributed by atoms with van der Waals surface area (Å²) in [5.74, 6) is 0. The van der Waals surface area contributed by atoms with Gasteiger partial charge in [0, 0.05) is 12.3 Å². The molecule has 1 rings (SSSR count). The third-order valence-corrected chi connectivity index (χ3v) is 1.85. The number of nitrogens with one attached hydrogen (secondary N) is 1. The van der Waals surface area contributed by atoms with Crippen LogP contribution >= 0.6 is 0 Å². The fraction of sp³-hybridized carbons (Fsp3) is 0.222. The first-order valence-corrected chi connectivity index (χ1v) is 4.76. The Hall–Kier alpha value is -2.51. The lowest BCUT2D eigenvalue weighted by atomic mass is 10.2. The summed E-state index contributed by atoms with van der Waals surface area (Å²) in [6, 6.07) is 3.32. The summed E-state index contributed by atoms with van der Waals surface area (Å²) in [4.78, 5) is 19.8. The minimum Gasteiger partial charge on any atom is -0.272 e. The molecule has 8 nitrogen and oxygen atoms in total. The second kappa shape index (κ2) is 5.54. The normalized spacial score (nSPS) is 10.4. The van der Waals surface area contributed by atoms with Crippen molar-refractivity contribution >= 4 is 23.3 Å². The monoisotopic (exact) mass is 238 g/mol. The lowest BCUT2D eigenvalue weighted by Gasteiger charge is -2.01. The number of hydrogen-bond acceptors (Lipinski definition) is 6. The maximum atomic E-state index is 10.7. The molecule has 0 amide bonds. The lowest BCUT2D eigenvalue weighted by molar-refractivity contribution is -0.393. The molecule has 0 spiro atoms. The Balaban J connectivity index is 3.08. The van der Waals surface area contributed by atoms with E-state index in [-0.39, 0.29) is 17.1 Å². The molecule has 90 valence electrons. The summed E-state index contributed by atoms with van der Waals surface area (Å²) in [7, 11) is 0. The topological polar surface area (TPSA) is 111 Å². The van der Waals surface area contributed by atoms with Crippen LogP contribution in [0.25, 0.3) is 0 Å². The summed E-state index contributed by atoms with van der Waals surface area (Å²) in [6.45, 7) is 1.86. The van der Waals surface area contributed by atoms with E-state index < -0.39 is 9.85 Å². The second-order valence-electron chi connectivity index (χ2n) is 3.05. The number of nitro groups is 2. The molecule has 17 heavy (non-hydrogen) atoms. The van der Waals surface area contributed by atoms with Crippen LogP contribution in [-0.2, 0) is 0 Å². The van der Waals surface area contributed by atoms with Crippen LogP contribution in [0.5, 0.6) is 0 Å². The fourth-order valence-electron chi connectivity index (χ4n) is 1.09. The van der Waals surface area contributed by atoms with Crippen molar-refractivity contribution in [3.8, 4) is 0 Å². The molecule has 0 saturated heterocycles. The van der Waals surface area contributed by atoms with Gasteiger partial charge in [0.2, 0.25) is 0 Å². The predicted molar refractivity (Wildman–Crippen MR) is 62.2 cm³/mol. The molecule has 1 N–H and O–H groups in total. The van der Waals surface area contributed by atoms with E-state index >= 15 is 0 Å². The van der Waals surface area contributed by atoms with Gasteiger partial charge in [-0.1, -0.05) is 6.92 Å². The van der Waals surface area contributed by atoms with Crippen LogP contribution in [0.15, 0.2) is 23.3 Å². The zero-order valence-corrected chi connectivity index (χ0v) is 8.99. The van der Waals surface area contributed by atoms with Crippen molar-refractivity contribution in [2.75, 3.05) is 5.43 Å². The van der Waals surface area contributed by atoms with E-state index in [1.807, 2.05) is 6.92 Å². The van der Waals surface area contributed by atoms with Gasteiger partial charge in [-0.05, 0) is 12.5 Å². The Labute approximate surface area is 96.2 Å². The fourth-order valence-corrected chi connectivity index (χ4v) is 1.09. The van der Waals surface area contributed by atoms with Gasteiger partial charge in [0.15, 0.2) is 0 Å². The number of hydrogen-bond donors (Lipinski definition) is 1. The zero-order chi connectivity index (χ0) is 12.8. The number of non-ortho nitro benzene ring substituents is 1. The van der Waals surface area contributed by atoms with E-state index in [1.165, 1.54) is 18.3 Å². The summed E-state index contributed by atoms with van der Waals surface area (Å²) in [5, 5.41) is 24.9. The Morgan fingerprint density at radius 2 is 2.06 bits per heavy atom. The van der Waals surface area contributed by atoms with E-state index in [0.717, 1.165) is 6.07 Å². The first kappa shape index (κ1) is 12.6. The van der Waals surface area contributed by atoms with Crippen LogP contribution in [0, 0.1) is 20.2 Å². The Bertz CT molecular complexity index is 472. The molecule has 0 atom stereocenters. The number of nitro benzene ring substituents is 2. The van der Waals surface area contributed by atoms with E-state index in [4.69, 9.17) is 0 Å². The van der Waals surface area contributed by atoms with Crippen molar-refractivity contribution in [3.63, 3.8) is 0 Å². The molecule has 8 heteroatoms. The lowest BCUT2D eigenvalue weighted by Crippen LogP contribution is -1.98. The third-order valence-electron chi connectivity index (χ3n) is 1.85. The highest BCUT2D eigenvalue weighted by Gasteiger charge is 2.18. The minimum atomic E-state index is -0.698. The van der Waals surface area contributed by atoms with Gasteiger partial charge in [-0.2, -0.15) is 5.10 Å². The van der Waals surface area contributed by atoms with Crippen LogP contribution in [0.4, 0.5) is 17.1 Å². The van der Waals surface area contributed by atoms with E-state index in [9.17, 15) is 20.2 Å². The van der Waals surface area contributed by atoms with Crippen molar-refractivity contribution in [1.82, 2.24) is 0 Å². The number of nitrogens with zero attached hydrogens (tertiary/aromatic N) is 3. The molecule has 0 fully saturated rings. The average molecular weight is 238 g/mol. The SMILES string of the molecule is CC/C=N\Nc1ccc([N+](=O)[O-])cc1[N+](=O)[O-]. The van der Waals surface area contributed by atoms with Crippen molar-refractivity contribution in [1.29, 1.82) is 0 Å². The van der Waals surface area contributed by atoms with Crippen LogP contribution < -0.4 is 5.43 Å². The van der Waals surface area contributed by atoms with Crippen molar-refractivity contribution in [2.45, 2.75) is 13.3 Å². The van der Waals surface area contributed by atoms with Crippen molar-refractivity contribution in [2.24, 2.45) is 5.10 Å². The highest BCUT2D eigenvalue weighted by molar-refractivity contribution is 5.67. The van der Waals surface area contributed by atoms with Gasteiger partial charge in [-0.3, -0.25) is 25.7 Å². The first-order chi connectivity index (χ1) is 8.06. The largest absolute Gasteiger partial charge is 0.301 e. The Kier molecular flexibility index (Phi) is 4.09. The highest BCUT2D eigenvalue weighted by atomic mass is 16.6. The van der Waals surface area contributed by atoms with Gasteiger partial charge in [-0.25, -0.2) is 0 Å². The van der Waals surface area contributed by atoms with Gasteiger partial charge in [0.25, 0.3) is 5.69 Å². The third kappa shape index (κ3) is 3.23. The highest BCUT2D eigenvalue weighted by Crippen LogP contribution is 2.28. The Morgan fingerprint density at radius 1 is 1.35 bits per heavy atom. The number of hydrazone groups is 1.